The average Bonchev–Trinajstić information content (AvgIpc) is 2.74. The largest absolute Gasteiger partial charge is 0.394 e. The number of nitrogens with zero attached hydrogens (tertiary/aromatic N) is 1. The fourth-order valence-corrected chi connectivity index (χ4v) is 2.16. The van der Waals surface area contributed by atoms with E-state index in [0.717, 1.165) is 24.3 Å². The summed E-state index contributed by atoms with van der Waals surface area (Å²) in [5.41, 5.74) is 4.85. The number of nitrogens with two attached hydrogens (primary N) is 1. The Kier molecular flexibility index (Phi) is 2.49. The Morgan fingerprint density at radius 3 is 2.93 bits per heavy atom. The van der Waals surface area contributed by atoms with E-state index in [1.54, 1.807) is 0 Å². The van der Waals surface area contributed by atoms with Crippen molar-refractivity contribution in [2.75, 3.05) is 19.7 Å². The van der Waals surface area contributed by atoms with Crippen molar-refractivity contribution in [3.8, 4) is 0 Å². The Bertz CT molecular complexity index is 299. The number of rotatable bonds is 2. The second kappa shape index (κ2) is 3.55. The van der Waals surface area contributed by atoms with E-state index < -0.39 is 24.1 Å². The molecule has 2 fully saturated rings. The number of imide groups is 1. The molecule has 6 heteroatoms. The zero-order chi connectivity index (χ0) is 11.1. The van der Waals surface area contributed by atoms with E-state index in [2.05, 4.69) is 5.32 Å². The van der Waals surface area contributed by atoms with Crippen LogP contribution in [0.2, 0.25) is 0 Å². The van der Waals surface area contributed by atoms with Crippen molar-refractivity contribution in [1.29, 1.82) is 0 Å². The lowest BCUT2D eigenvalue weighted by Crippen LogP contribution is -2.74. The summed E-state index contributed by atoms with van der Waals surface area (Å²) in [5.74, 6) is -0.685. The van der Waals surface area contributed by atoms with Gasteiger partial charge >= 0.3 is 0 Å². The predicted octanol–water partition coefficient (Wildman–Crippen LogP) is -2.20. The zero-order valence-corrected chi connectivity index (χ0v) is 8.40. The van der Waals surface area contributed by atoms with Crippen LogP contribution in [0.15, 0.2) is 0 Å². The number of aliphatic hydroxyl groups excluding tert-OH is 1. The summed E-state index contributed by atoms with van der Waals surface area (Å²) < 4.78 is 0. The number of carbonyl (C=O) groups excluding carboxylic acids is 2. The molecular formula is C9H15N3O3. The van der Waals surface area contributed by atoms with Crippen LogP contribution in [0.25, 0.3) is 0 Å². The second-order valence-electron chi connectivity index (χ2n) is 4.13. The first kappa shape index (κ1) is 10.5. The molecule has 0 aromatic carbocycles. The zero-order valence-electron chi connectivity index (χ0n) is 8.40. The summed E-state index contributed by atoms with van der Waals surface area (Å²) in [7, 11) is 0. The minimum atomic E-state index is -0.979. The van der Waals surface area contributed by atoms with Crippen LogP contribution in [0.3, 0.4) is 0 Å². The lowest BCUT2D eigenvalue weighted by atomic mass is 9.86. The minimum absolute atomic E-state index is 0.200. The summed E-state index contributed by atoms with van der Waals surface area (Å²) in [4.78, 5) is 24.4. The molecule has 0 aromatic rings. The summed E-state index contributed by atoms with van der Waals surface area (Å²) in [6.45, 7) is 0.779. The van der Waals surface area contributed by atoms with E-state index in [4.69, 9.17) is 10.8 Å². The maximum Gasteiger partial charge on any atom is 0.251 e. The van der Waals surface area contributed by atoms with E-state index in [1.807, 2.05) is 0 Å². The van der Waals surface area contributed by atoms with Gasteiger partial charge in [-0.1, -0.05) is 0 Å². The third kappa shape index (κ3) is 1.45. The van der Waals surface area contributed by atoms with Crippen molar-refractivity contribution in [2.24, 2.45) is 5.73 Å². The van der Waals surface area contributed by atoms with Crippen LogP contribution in [0, 0.1) is 0 Å². The van der Waals surface area contributed by atoms with Gasteiger partial charge in [0.1, 0.15) is 11.6 Å². The molecule has 6 nitrogen and oxygen atoms in total. The maximum atomic E-state index is 11.8. The molecule has 0 saturated carbocycles. The van der Waals surface area contributed by atoms with Crippen molar-refractivity contribution in [3.05, 3.63) is 0 Å². The van der Waals surface area contributed by atoms with E-state index >= 15 is 0 Å². The van der Waals surface area contributed by atoms with Gasteiger partial charge in [-0.3, -0.25) is 14.5 Å². The van der Waals surface area contributed by atoms with Gasteiger partial charge in [-0.2, -0.15) is 0 Å². The molecule has 1 unspecified atom stereocenters. The Morgan fingerprint density at radius 2 is 2.47 bits per heavy atom. The number of β-lactam (4-membered cyclic amide) rings is 1. The number of likely N-dealkylation sites (tertiary alicyclic amines) is 1. The minimum Gasteiger partial charge on any atom is -0.394 e. The van der Waals surface area contributed by atoms with E-state index in [9.17, 15) is 9.59 Å². The van der Waals surface area contributed by atoms with Crippen LogP contribution in [-0.4, -0.2) is 53.1 Å². The van der Waals surface area contributed by atoms with Crippen molar-refractivity contribution >= 4 is 11.8 Å². The van der Waals surface area contributed by atoms with Crippen LogP contribution in [0.1, 0.15) is 12.8 Å². The van der Waals surface area contributed by atoms with Crippen molar-refractivity contribution < 1.29 is 14.7 Å². The number of hydrogen-bond donors (Lipinski definition) is 3. The van der Waals surface area contributed by atoms with Crippen molar-refractivity contribution in [1.82, 2.24) is 10.2 Å². The first-order valence-corrected chi connectivity index (χ1v) is 5.08. The molecule has 1 spiro atoms. The molecule has 2 amide bonds. The lowest BCUT2D eigenvalue weighted by molar-refractivity contribution is -0.163. The van der Waals surface area contributed by atoms with Crippen LogP contribution in [0.4, 0.5) is 0 Å². The highest BCUT2D eigenvalue weighted by Gasteiger charge is 2.56. The molecule has 2 rings (SSSR count). The summed E-state index contributed by atoms with van der Waals surface area (Å²) in [6.07, 6.45) is 1.74. The molecular weight excluding hydrogens is 198 g/mol. The third-order valence-electron chi connectivity index (χ3n) is 3.11. The lowest BCUT2D eigenvalue weighted by Gasteiger charge is -2.45. The number of hydrogen-bond acceptors (Lipinski definition) is 5. The molecule has 2 heterocycles. The van der Waals surface area contributed by atoms with Gasteiger partial charge < -0.3 is 16.2 Å². The summed E-state index contributed by atoms with van der Waals surface area (Å²) in [5, 5.41) is 11.8. The summed E-state index contributed by atoms with van der Waals surface area (Å²) >= 11 is 0. The first-order chi connectivity index (χ1) is 7.10. The fourth-order valence-electron chi connectivity index (χ4n) is 2.16. The standard InChI is InChI=1S/C9H15N3O3/c10-6(4-13)7(14)12-5-9(8(12)15)2-1-3-11-9/h6,11,13H,1-5,10H2/t6?,9-/m0/s1. The quantitative estimate of drug-likeness (QED) is 0.452. The molecule has 4 N–H and O–H groups in total. The molecule has 0 radical (unpaired) electrons. The monoisotopic (exact) mass is 213 g/mol. The molecule has 84 valence electrons. The molecule has 2 atom stereocenters. The van der Waals surface area contributed by atoms with E-state index in [-0.39, 0.29) is 5.91 Å². The predicted molar refractivity (Wildman–Crippen MR) is 51.7 cm³/mol. The molecule has 2 aliphatic rings. The maximum absolute atomic E-state index is 11.8. The topological polar surface area (TPSA) is 95.7 Å². The fraction of sp³-hybridized carbons (Fsp3) is 0.778. The molecule has 0 aliphatic carbocycles. The SMILES string of the molecule is NC(CO)C(=O)N1C[C@@]2(CCCN2)C1=O. The highest BCUT2D eigenvalue weighted by molar-refractivity contribution is 6.07. The van der Waals surface area contributed by atoms with Gasteiger partial charge in [0, 0.05) is 0 Å². The van der Waals surface area contributed by atoms with Gasteiger partial charge in [0.2, 0.25) is 5.91 Å². The molecule has 15 heavy (non-hydrogen) atoms. The van der Waals surface area contributed by atoms with Gasteiger partial charge in [-0.25, -0.2) is 0 Å². The van der Waals surface area contributed by atoms with Crippen LogP contribution < -0.4 is 11.1 Å². The Balaban J connectivity index is 1.99. The first-order valence-electron chi connectivity index (χ1n) is 5.08. The number of carbonyl (C=O) groups is 2. The van der Waals surface area contributed by atoms with Crippen molar-refractivity contribution in [3.63, 3.8) is 0 Å². The van der Waals surface area contributed by atoms with Gasteiger partial charge in [0.15, 0.2) is 0 Å². The molecule has 0 bridgehead atoms. The Hall–Kier alpha value is -0.980. The second-order valence-corrected chi connectivity index (χ2v) is 4.13. The van der Waals surface area contributed by atoms with Gasteiger partial charge in [0.25, 0.3) is 5.91 Å². The smallest absolute Gasteiger partial charge is 0.251 e. The van der Waals surface area contributed by atoms with Crippen molar-refractivity contribution in [2.45, 2.75) is 24.4 Å². The van der Waals surface area contributed by atoms with Gasteiger partial charge in [-0.15, -0.1) is 0 Å². The average molecular weight is 213 g/mol. The third-order valence-corrected chi connectivity index (χ3v) is 3.11. The number of nitrogens with one attached hydrogen (secondary N) is 1. The van der Waals surface area contributed by atoms with Crippen LogP contribution in [-0.2, 0) is 9.59 Å². The normalized spacial score (nSPS) is 31.9. The Morgan fingerprint density at radius 1 is 1.73 bits per heavy atom. The molecule has 2 aliphatic heterocycles. The van der Waals surface area contributed by atoms with Gasteiger partial charge in [0.05, 0.1) is 13.2 Å². The number of amides is 2. The number of aliphatic hydroxyl groups is 1. The molecule has 2 saturated heterocycles. The van der Waals surface area contributed by atoms with Crippen LogP contribution in [0.5, 0.6) is 0 Å². The van der Waals surface area contributed by atoms with E-state index in [0.29, 0.717) is 6.54 Å². The molecule has 0 aromatic heterocycles. The van der Waals surface area contributed by atoms with Gasteiger partial charge in [-0.05, 0) is 19.4 Å². The highest BCUT2D eigenvalue weighted by atomic mass is 16.3. The Labute approximate surface area is 87.4 Å². The van der Waals surface area contributed by atoms with E-state index in [1.165, 1.54) is 0 Å². The van der Waals surface area contributed by atoms with Crippen LogP contribution >= 0.6 is 0 Å². The highest BCUT2D eigenvalue weighted by Crippen LogP contribution is 2.31. The summed E-state index contributed by atoms with van der Waals surface area (Å²) in [6, 6.07) is -0.979.